The molecular weight excluding hydrogens is 236 g/mol. The van der Waals surface area contributed by atoms with Crippen LogP contribution < -0.4 is 10.6 Å². The van der Waals surface area contributed by atoms with E-state index >= 15 is 0 Å². The summed E-state index contributed by atoms with van der Waals surface area (Å²) in [4.78, 5) is 12.4. The molecule has 2 aliphatic rings. The molecule has 1 amide bonds. The minimum atomic E-state index is 0.104. The number of benzene rings is 1. The first-order valence-corrected chi connectivity index (χ1v) is 7.28. The quantitative estimate of drug-likeness (QED) is 0.873. The lowest BCUT2D eigenvalue weighted by atomic mass is 9.70. The molecule has 1 fully saturated rings. The molecule has 0 bridgehead atoms. The number of hydrogen-bond acceptors (Lipinski definition) is 2. The van der Waals surface area contributed by atoms with Gasteiger partial charge in [-0.25, -0.2) is 0 Å². The van der Waals surface area contributed by atoms with Gasteiger partial charge in [-0.2, -0.15) is 0 Å². The fourth-order valence-corrected chi connectivity index (χ4v) is 3.09. The number of rotatable bonds is 3. The average molecular weight is 258 g/mol. The van der Waals surface area contributed by atoms with E-state index in [1.807, 2.05) is 12.1 Å². The van der Waals surface area contributed by atoms with Gasteiger partial charge in [-0.3, -0.25) is 4.79 Å². The van der Waals surface area contributed by atoms with E-state index in [1.54, 1.807) is 0 Å². The Labute approximate surface area is 114 Å². The minimum absolute atomic E-state index is 0.104. The van der Waals surface area contributed by atoms with Crippen molar-refractivity contribution >= 4 is 5.91 Å². The lowest BCUT2D eigenvalue weighted by molar-refractivity contribution is 0.0889. The van der Waals surface area contributed by atoms with Crippen molar-refractivity contribution in [3.8, 4) is 0 Å². The van der Waals surface area contributed by atoms with Gasteiger partial charge in [-0.1, -0.05) is 25.5 Å². The molecule has 1 aromatic carbocycles. The first-order valence-electron chi connectivity index (χ1n) is 7.28. The highest BCUT2D eigenvalue weighted by molar-refractivity contribution is 5.96. The number of nitrogens with one attached hydrogen (secondary N) is 2. The smallest absolute Gasteiger partial charge is 0.251 e. The van der Waals surface area contributed by atoms with Crippen LogP contribution in [0.2, 0.25) is 0 Å². The van der Waals surface area contributed by atoms with Gasteiger partial charge in [0.25, 0.3) is 5.91 Å². The van der Waals surface area contributed by atoms with E-state index in [0.29, 0.717) is 5.41 Å². The monoisotopic (exact) mass is 258 g/mol. The highest BCUT2D eigenvalue weighted by atomic mass is 16.1. The van der Waals surface area contributed by atoms with Crippen LogP contribution in [0.1, 0.15) is 47.7 Å². The van der Waals surface area contributed by atoms with E-state index in [4.69, 9.17) is 0 Å². The lowest BCUT2D eigenvalue weighted by Crippen LogP contribution is -2.40. The Morgan fingerprint density at radius 3 is 3.00 bits per heavy atom. The summed E-state index contributed by atoms with van der Waals surface area (Å²) in [6.07, 6.45) is 4.74. The van der Waals surface area contributed by atoms with Gasteiger partial charge in [0, 0.05) is 18.7 Å². The van der Waals surface area contributed by atoms with Crippen molar-refractivity contribution in [2.75, 3.05) is 13.1 Å². The van der Waals surface area contributed by atoms with E-state index in [9.17, 15) is 4.79 Å². The molecule has 3 nitrogen and oxygen atoms in total. The Bertz CT molecular complexity index is 492. The maximum Gasteiger partial charge on any atom is 0.251 e. The summed E-state index contributed by atoms with van der Waals surface area (Å²) in [5.74, 6) is 0.104. The standard InChI is InChI=1S/C16H22N2O/c1-16(7-3-8-16)11-18-15(19)14-5-2-4-12-10-17-9-6-13(12)14/h2,4-5,17H,3,6-11H2,1H3,(H,18,19). The molecule has 102 valence electrons. The molecular formula is C16H22N2O. The minimum Gasteiger partial charge on any atom is -0.351 e. The van der Waals surface area contributed by atoms with Crippen molar-refractivity contribution in [1.82, 2.24) is 10.6 Å². The van der Waals surface area contributed by atoms with Crippen LogP contribution in [-0.4, -0.2) is 19.0 Å². The topological polar surface area (TPSA) is 41.1 Å². The Morgan fingerprint density at radius 2 is 2.26 bits per heavy atom. The summed E-state index contributed by atoms with van der Waals surface area (Å²) in [7, 11) is 0. The summed E-state index contributed by atoms with van der Waals surface area (Å²) in [5, 5.41) is 6.48. The van der Waals surface area contributed by atoms with Crippen molar-refractivity contribution < 1.29 is 4.79 Å². The summed E-state index contributed by atoms with van der Waals surface area (Å²) >= 11 is 0. The SMILES string of the molecule is CC1(CNC(=O)c2cccc3c2CCNC3)CCC1. The molecule has 1 aliphatic carbocycles. The summed E-state index contributed by atoms with van der Waals surface area (Å²) in [6, 6.07) is 6.07. The number of hydrogen-bond donors (Lipinski definition) is 2. The third kappa shape index (κ3) is 2.52. The first-order chi connectivity index (χ1) is 9.18. The second kappa shape index (κ2) is 4.97. The maximum absolute atomic E-state index is 12.4. The van der Waals surface area contributed by atoms with Crippen LogP contribution in [0.4, 0.5) is 0 Å². The van der Waals surface area contributed by atoms with Gasteiger partial charge in [0.05, 0.1) is 0 Å². The number of amides is 1. The maximum atomic E-state index is 12.4. The van der Waals surface area contributed by atoms with Crippen molar-refractivity contribution in [3.63, 3.8) is 0 Å². The van der Waals surface area contributed by atoms with Crippen molar-refractivity contribution in [3.05, 3.63) is 34.9 Å². The summed E-state index contributed by atoms with van der Waals surface area (Å²) in [5.41, 5.74) is 3.72. The Hall–Kier alpha value is -1.35. The first kappa shape index (κ1) is 12.7. The van der Waals surface area contributed by atoms with Gasteiger partial charge < -0.3 is 10.6 Å². The zero-order valence-corrected chi connectivity index (χ0v) is 11.6. The van der Waals surface area contributed by atoms with E-state index in [2.05, 4.69) is 23.6 Å². The molecule has 1 saturated carbocycles. The summed E-state index contributed by atoms with van der Waals surface area (Å²) < 4.78 is 0. The van der Waals surface area contributed by atoms with Gasteiger partial charge in [0.15, 0.2) is 0 Å². The van der Waals surface area contributed by atoms with E-state index < -0.39 is 0 Å². The van der Waals surface area contributed by atoms with Crippen molar-refractivity contribution in [1.29, 1.82) is 0 Å². The van der Waals surface area contributed by atoms with E-state index in [1.165, 1.54) is 30.4 Å². The molecule has 0 spiro atoms. The van der Waals surface area contributed by atoms with Crippen LogP contribution in [0.3, 0.4) is 0 Å². The third-order valence-corrected chi connectivity index (χ3v) is 4.62. The molecule has 0 radical (unpaired) electrons. The highest BCUT2D eigenvalue weighted by Crippen LogP contribution is 2.39. The van der Waals surface area contributed by atoms with Crippen molar-refractivity contribution in [2.45, 2.75) is 39.2 Å². The van der Waals surface area contributed by atoms with Gasteiger partial charge in [0.1, 0.15) is 0 Å². The highest BCUT2D eigenvalue weighted by Gasteiger charge is 2.32. The van der Waals surface area contributed by atoms with E-state index in [0.717, 1.165) is 31.6 Å². The zero-order chi connectivity index (χ0) is 13.3. The number of fused-ring (bicyclic) bond motifs is 1. The fourth-order valence-electron chi connectivity index (χ4n) is 3.09. The van der Waals surface area contributed by atoms with Crippen LogP contribution in [0.25, 0.3) is 0 Å². The molecule has 0 aromatic heterocycles. The largest absolute Gasteiger partial charge is 0.351 e. The van der Waals surface area contributed by atoms with Crippen molar-refractivity contribution in [2.24, 2.45) is 5.41 Å². The molecule has 3 heteroatoms. The molecule has 0 saturated heterocycles. The van der Waals surface area contributed by atoms with Gasteiger partial charge in [-0.05, 0) is 48.4 Å². The number of carbonyl (C=O) groups excluding carboxylic acids is 1. The zero-order valence-electron chi connectivity index (χ0n) is 11.6. The predicted octanol–water partition coefficient (Wildman–Crippen LogP) is 2.25. The molecule has 19 heavy (non-hydrogen) atoms. The summed E-state index contributed by atoms with van der Waals surface area (Å²) in [6.45, 7) is 4.93. The number of carbonyl (C=O) groups is 1. The lowest BCUT2D eigenvalue weighted by Gasteiger charge is -2.38. The van der Waals surface area contributed by atoms with Crippen LogP contribution in [0.5, 0.6) is 0 Å². The molecule has 0 unspecified atom stereocenters. The van der Waals surface area contributed by atoms with Gasteiger partial charge in [0.2, 0.25) is 0 Å². The van der Waals surface area contributed by atoms with E-state index in [-0.39, 0.29) is 5.91 Å². The average Bonchev–Trinajstić information content (AvgIpc) is 2.42. The van der Waals surface area contributed by atoms with Crippen LogP contribution in [0, 0.1) is 5.41 Å². The third-order valence-electron chi connectivity index (χ3n) is 4.62. The normalized spacial score (nSPS) is 20.3. The van der Waals surface area contributed by atoms with Crippen LogP contribution in [-0.2, 0) is 13.0 Å². The van der Waals surface area contributed by atoms with Gasteiger partial charge in [-0.15, -0.1) is 0 Å². The fraction of sp³-hybridized carbons (Fsp3) is 0.562. The molecule has 1 aromatic rings. The Kier molecular flexibility index (Phi) is 3.31. The van der Waals surface area contributed by atoms with Gasteiger partial charge >= 0.3 is 0 Å². The Morgan fingerprint density at radius 1 is 1.42 bits per heavy atom. The Balaban J connectivity index is 1.72. The van der Waals surface area contributed by atoms with Crippen LogP contribution in [0.15, 0.2) is 18.2 Å². The molecule has 2 N–H and O–H groups in total. The predicted molar refractivity (Wildman–Crippen MR) is 76.1 cm³/mol. The molecule has 3 rings (SSSR count). The molecule has 1 heterocycles. The second-order valence-electron chi connectivity index (χ2n) is 6.22. The second-order valence-corrected chi connectivity index (χ2v) is 6.22. The molecule has 0 atom stereocenters. The molecule has 1 aliphatic heterocycles. The van der Waals surface area contributed by atoms with Crippen LogP contribution >= 0.6 is 0 Å².